The van der Waals surface area contributed by atoms with Gasteiger partial charge in [-0.25, -0.2) is 9.97 Å². The van der Waals surface area contributed by atoms with Gasteiger partial charge in [-0.3, -0.25) is 0 Å². The maximum Gasteiger partial charge on any atom is 0.0994 e. The molecular formula is C15H16N4OS. The monoisotopic (exact) mass is 300 g/mol. The molecule has 2 aromatic heterocycles. The number of hydrogen-bond acceptors (Lipinski definition) is 5. The number of hydrogen-bond donors (Lipinski definition) is 1. The van der Waals surface area contributed by atoms with Crippen LogP contribution in [-0.4, -0.2) is 27.7 Å². The van der Waals surface area contributed by atoms with Crippen molar-refractivity contribution in [3.8, 4) is 5.69 Å². The Hall–Kier alpha value is -1.76. The molecule has 1 fully saturated rings. The van der Waals surface area contributed by atoms with Crippen LogP contribution in [0, 0.1) is 5.92 Å². The van der Waals surface area contributed by atoms with E-state index < -0.39 is 0 Å². The summed E-state index contributed by atoms with van der Waals surface area (Å²) in [5, 5.41) is 0. The van der Waals surface area contributed by atoms with Crippen LogP contribution in [0.5, 0.6) is 0 Å². The largest absolute Gasteiger partial charge is 0.381 e. The third-order valence-electron chi connectivity index (χ3n) is 4.07. The topological polar surface area (TPSA) is 66.0 Å². The zero-order valence-corrected chi connectivity index (χ0v) is 12.3. The van der Waals surface area contributed by atoms with Crippen molar-refractivity contribution in [2.45, 2.75) is 12.5 Å². The summed E-state index contributed by atoms with van der Waals surface area (Å²) in [4.78, 5) is 8.60. The van der Waals surface area contributed by atoms with E-state index in [9.17, 15) is 0 Å². The van der Waals surface area contributed by atoms with Crippen molar-refractivity contribution >= 4 is 21.6 Å². The molecule has 0 radical (unpaired) electrons. The molecular weight excluding hydrogens is 284 g/mol. The fraction of sp³-hybridized carbons (Fsp3) is 0.333. The van der Waals surface area contributed by atoms with Gasteiger partial charge < -0.3 is 15.0 Å². The van der Waals surface area contributed by atoms with E-state index in [1.807, 2.05) is 24.1 Å². The number of benzene rings is 1. The second-order valence-electron chi connectivity index (χ2n) is 5.34. The van der Waals surface area contributed by atoms with Crippen molar-refractivity contribution < 1.29 is 4.74 Å². The van der Waals surface area contributed by atoms with Gasteiger partial charge in [-0.1, -0.05) is 0 Å². The lowest BCUT2D eigenvalue weighted by Crippen LogP contribution is -2.24. The highest BCUT2D eigenvalue weighted by molar-refractivity contribution is 7.16. The highest BCUT2D eigenvalue weighted by atomic mass is 32.1. The number of nitrogens with two attached hydrogens (primary N) is 1. The maximum absolute atomic E-state index is 6.42. The average Bonchev–Trinajstić information content (AvgIpc) is 3.24. The van der Waals surface area contributed by atoms with Crippen LogP contribution in [0.2, 0.25) is 0 Å². The molecule has 3 heterocycles. The van der Waals surface area contributed by atoms with Crippen LogP contribution in [0.3, 0.4) is 0 Å². The molecule has 3 aromatic rings. The molecule has 1 aromatic carbocycles. The summed E-state index contributed by atoms with van der Waals surface area (Å²) in [6.07, 6.45) is 4.70. The van der Waals surface area contributed by atoms with Gasteiger partial charge in [-0.15, -0.1) is 11.3 Å². The van der Waals surface area contributed by atoms with E-state index in [0.29, 0.717) is 5.92 Å². The van der Waals surface area contributed by atoms with Crippen LogP contribution in [-0.2, 0) is 4.74 Å². The Morgan fingerprint density at radius 2 is 2.38 bits per heavy atom. The molecule has 1 aliphatic rings. The maximum atomic E-state index is 6.42. The molecule has 108 valence electrons. The van der Waals surface area contributed by atoms with Crippen molar-refractivity contribution in [2.24, 2.45) is 11.7 Å². The van der Waals surface area contributed by atoms with Gasteiger partial charge in [-0.2, -0.15) is 0 Å². The molecule has 0 bridgehead atoms. The first-order chi connectivity index (χ1) is 10.3. The Morgan fingerprint density at radius 1 is 1.43 bits per heavy atom. The molecule has 1 aliphatic heterocycles. The standard InChI is InChI=1S/C15H16N4OS/c16-15(10-3-4-20-7-10)13-6-17-8-19(13)11-1-2-12-14(5-11)21-9-18-12/h1-2,5-6,8-10,15H,3-4,7,16H2. The summed E-state index contributed by atoms with van der Waals surface area (Å²) >= 11 is 1.64. The normalized spacial score (nSPS) is 20.1. The van der Waals surface area contributed by atoms with E-state index in [4.69, 9.17) is 10.5 Å². The quantitative estimate of drug-likeness (QED) is 0.807. The first-order valence-electron chi connectivity index (χ1n) is 7.02. The fourth-order valence-corrected chi connectivity index (χ4v) is 3.55. The number of nitrogens with zero attached hydrogens (tertiary/aromatic N) is 3. The van der Waals surface area contributed by atoms with Crippen LogP contribution in [0.4, 0.5) is 0 Å². The molecule has 1 saturated heterocycles. The van der Waals surface area contributed by atoms with Crippen LogP contribution in [0.15, 0.2) is 36.2 Å². The Kier molecular flexibility index (Phi) is 3.21. The summed E-state index contributed by atoms with van der Waals surface area (Å²) in [6.45, 7) is 1.54. The van der Waals surface area contributed by atoms with Crippen molar-refractivity contribution in [2.75, 3.05) is 13.2 Å². The van der Waals surface area contributed by atoms with E-state index in [0.717, 1.165) is 36.5 Å². The molecule has 0 spiro atoms. The minimum Gasteiger partial charge on any atom is -0.381 e. The molecule has 2 unspecified atom stereocenters. The van der Waals surface area contributed by atoms with Gasteiger partial charge >= 0.3 is 0 Å². The predicted octanol–water partition coefficient (Wildman–Crippen LogP) is 2.52. The van der Waals surface area contributed by atoms with E-state index >= 15 is 0 Å². The van der Waals surface area contributed by atoms with Crippen LogP contribution in [0.1, 0.15) is 18.2 Å². The van der Waals surface area contributed by atoms with Gasteiger partial charge in [0.2, 0.25) is 0 Å². The molecule has 5 nitrogen and oxygen atoms in total. The van der Waals surface area contributed by atoms with Gasteiger partial charge in [-0.05, 0) is 24.6 Å². The Labute approximate surface area is 126 Å². The Bertz CT molecular complexity index is 760. The molecule has 21 heavy (non-hydrogen) atoms. The van der Waals surface area contributed by atoms with E-state index in [1.54, 1.807) is 11.3 Å². The lowest BCUT2D eigenvalue weighted by molar-refractivity contribution is 0.180. The van der Waals surface area contributed by atoms with E-state index in [1.165, 1.54) is 4.70 Å². The lowest BCUT2D eigenvalue weighted by Gasteiger charge is -2.19. The molecule has 2 atom stereocenters. The van der Waals surface area contributed by atoms with Gasteiger partial charge in [0.05, 0.1) is 46.6 Å². The molecule has 2 N–H and O–H groups in total. The minimum atomic E-state index is -0.0489. The second-order valence-corrected chi connectivity index (χ2v) is 6.23. The number of ether oxygens (including phenoxy) is 1. The van der Waals surface area contributed by atoms with Crippen LogP contribution < -0.4 is 5.73 Å². The number of rotatable bonds is 3. The zero-order chi connectivity index (χ0) is 14.2. The average molecular weight is 300 g/mol. The molecule has 0 amide bonds. The van der Waals surface area contributed by atoms with Crippen molar-refractivity contribution in [3.63, 3.8) is 0 Å². The Balaban J connectivity index is 1.73. The number of fused-ring (bicyclic) bond motifs is 1. The lowest BCUT2D eigenvalue weighted by atomic mass is 9.97. The van der Waals surface area contributed by atoms with Crippen LogP contribution >= 0.6 is 11.3 Å². The highest BCUT2D eigenvalue weighted by Gasteiger charge is 2.26. The number of thiazole rings is 1. The van der Waals surface area contributed by atoms with Crippen molar-refractivity contribution in [1.29, 1.82) is 0 Å². The van der Waals surface area contributed by atoms with Crippen molar-refractivity contribution in [3.05, 3.63) is 41.9 Å². The summed E-state index contributed by atoms with van der Waals surface area (Å²) in [5.41, 5.74) is 11.4. The summed E-state index contributed by atoms with van der Waals surface area (Å²) in [6, 6.07) is 6.18. The summed E-state index contributed by atoms with van der Waals surface area (Å²) in [5.74, 6) is 0.368. The van der Waals surface area contributed by atoms with Gasteiger partial charge in [0, 0.05) is 18.2 Å². The zero-order valence-electron chi connectivity index (χ0n) is 11.5. The predicted molar refractivity (Wildman–Crippen MR) is 82.6 cm³/mol. The van der Waals surface area contributed by atoms with Crippen LogP contribution in [0.25, 0.3) is 15.9 Å². The number of aromatic nitrogens is 3. The molecule has 6 heteroatoms. The van der Waals surface area contributed by atoms with Gasteiger partial charge in [0.15, 0.2) is 0 Å². The molecule has 0 aliphatic carbocycles. The van der Waals surface area contributed by atoms with Gasteiger partial charge in [0.25, 0.3) is 0 Å². The SMILES string of the molecule is NC(c1cncn1-c1ccc2ncsc2c1)C1CCOC1. The Morgan fingerprint density at radius 3 is 3.24 bits per heavy atom. The van der Waals surface area contributed by atoms with Gasteiger partial charge in [0.1, 0.15) is 0 Å². The van der Waals surface area contributed by atoms with E-state index in [-0.39, 0.29) is 6.04 Å². The van der Waals surface area contributed by atoms with Crippen molar-refractivity contribution in [1.82, 2.24) is 14.5 Å². The molecule has 4 rings (SSSR count). The number of imidazole rings is 1. The fourth-order valence-electron chi connectivity index (χ4n) is 2.84. The highest BCUT2D eigenvalue weighted by Crippen LogP contribution is 2.29. The summed E-state index contributed by atoms with van der Waals surface area (Å²) < 4.78 is 8.70. The minimum absolute atomic E-state index is 0.0489. The second kappa shape index (κ2) is 5.22. The third kappa shape index (κ3) is 2.25. The first-order valence-corrected chi connectivity index (χ1v) is 7.90. The molecule has 0 saturated carbocycles. The first kappa shape index (κ1) is 12.9. The van der Waals surface area contributed by atoms with E-state index in [2.05, 4.69) is 26.7 Å². The third-order valence-corrected chi connectivity index (χ3v) is 4.87. The summed E-state index contributed by atoms with van der Waals surface area (Å²) in [7, 11) is 0. The smallest absolute Gasteiger partial charge is 0.0994 e.